The van der Waals surface area contributed by atoms with E-state index in [0.29, 0.717) is 6.42 Å². The molecule has 1 saturated carbocycles. The number of alkyl halides is 3. The molecule has 0 saturated heterocycles. The third kappa shape index (κ3) is 7.55. The average Bonchev–Trinajstić information content (AvgIpc) is 3.06. The summed E-state index contributed by atoms with van der Waals surface area (Å²) in [5.41, 5.74) is -1.29. The van der Waals surface area contributed by atoms with Crippen LogP contribution in [-0.4, -0.2) is 54.1 Å². The summed E-state index contributed by atoms with van der Waals surface area (Å²) in [4.78, 5) is 42.9. The van der Waals surface area contributed by atoms with Gasteiger partial charge in [0.1, 0.15) is 12.4 Å². The predicted molar refractivity (Wildman–Crippen MR) is 171 cm³/mol. The highest BCUT2D eigenvalue weighted by molar-refractivity contribution is 6.05. The van der Waals surface area contributed by atoms with Crippen molar-refractivity contribution in [2.24, 2.45) is 0 Å². The third-order valence-electron chi connectivity index (χ3n) is 8.83. The summed E-state index contributed by atoms with van der Waals surface area (Å²) in [6.45, 7) is 4.81. The topological polar surface area (TPSA) is 88.2 Å². The molecule has 11 heteroatoms. The molecule has 1 fully saturated rings. The smallest absolute Gasteiger partial charge is 0.417 e. The maximum atomic E-state index is 14.6. The number of hydrogen-bond donors (Lipinski definition) is 1. The molecular formula is C36H40F3N3O5. The second kappa shape index (κ2) is 14.1. The molecule has 2 atom stereocenters. The van der Waals surface area contributed by atoms with E-state index in [1.165, 1.54) is 23.6 Å². The number of carbonyl (C=O) groups is 3. The van der Waals surface area contributed by atoms with Crippen molar-refractivity contribution >= 4 is 23.6 Å². The number of alkyl carbamates (subject to hydrolysis) is 1. The number of carbonyl (C=O) groups excluding carboxylic acids is 3. The highest BCUT2D eigenvalue weighted by Crippen LogP contribution is 2.45. The van der Waals surface area contributed by atoms with Crippen LogP contribution in [0.25, 0.3) is 0 Å². The molecule has 5 rings (SSSR count). The van der Waals surface area contributed by atoms with Crippen LogP contribution in [-0.2, 0) is 22.3 Å². The highest BCUT2D eigenvalue weighted by Gasteiger charge is 2.45. The zero-order chi connectivity index (χ0) is 33.8. The molecule has 3 aromatic carbocycles. The zero-order valence-corrected chi connectivity index (χ0v) is 26.8. The number of fused-ring (bicyclic) bond motifs is 1. The van der Waals surface area contributed by atoms with Crippen molar-refractivity contribution in [2.45, 2.75) is 76.8 Å². The van der Waals surface area contributed by atoms with Crippen molar-refractivity contribution in [1.82, 2.24) is 10.2 Å². The number of amides is 3. The average molecular weight is 652 g/mol. The number of nitrogens with one attached hydrogen (secondary N) is 1. The van der Waals surface area contributed by atoms with Gasteiger partial charge in [0.25, 0.3) is 11.8 Å². The summed E-state index contributed by atoms with van der Waals surface area (Å²) in [6.07, 6.45) is -2.27. The van der Waals surface area contributed by atoms with Crippen LogP contribution in [0.15, 0.2) is 72.8 Å². The Hall–Kier alpha value is -4.54. The van der Waals surface area contributed by atoms with Crippen molar-refractivity contribution in [3.8, 4) is 5.75 Å². The molecule has 250 valence electrons. The fraction of sp³-hybridized carbons (Fsp3) is 0.417. The van der Waals surface area contributed by atoms with Gasteiger partial charge in [0.05, 0.1) is 16.8 Å². The molecule has 1 aliphatic heterocycles. The minimum Gasteiger partial charge on any atom is -0.476 e. The molecule has 0 aromatic heterocycles. The van der Waals surface area contributed by atoms with Gasteiger partial charge < -0.3 is 24.6 Å². The first-order chi connectivity index (χ1) is 22.4. The number of nitrogens with zero attached hydrogens (tertiary/aromatic N) is 2. The molecule has 8 nitrogen and oxygen atoms in total. The largest absolute Gasteiger partial charge is 0.476 e. The van der Waals surface area contributed by atoms with E-state index < -0.39 is 40.8 Å². The summed E-state index contributed by atoms with van der Waals surface area (Å²) in [5, 5.41) is 2.59. The summed E-state index contributed by atoms with van der Waals surface area (Å²) in [7, 11) is 0. The van der Waals surface area contributed by atoms with Gasteiger partial charge in [-0.05, 0) is 56.9 Å². The quantitative estimate of drug-likeness (QED) is 0.262. The Morgan fingerprint density at radius 1 is 1.02 bits per heavy atom. The van der Waals surface area contributed by atoms with Crippen LogP contribution in [0.3, 0.4) is 0 Å². The van der Waals surface area contributed by atoms with Crippen LogP contribution in [0.1, 0.15) is 79.4 Å². The first-order valence-corrected chi connectivity index (χ1v) is 16.0. The van der Waals surface area contributed by atoms with Gasteiger partial charge in [-0.3, -0.25) is 9.59 Å². The molecule has 47 heavy (non-hydrogen) atoms. The van der Waals surface area contributed by atoms with Gasteiger partial charge in [-0.15, -0.1) is 0 Å². The molecule has 0 bridgehead atoms. The van der Waals surface area contributed by atoms with Crippen molar-refractivity contribution in [3.63, 3.8) is 0 Å². The first kappa shape index (κ1) is 33.8. The Morgan fingerprint density at radius 2 is 1.68 bits per heavy atom. The lowest BCUT2D eigenvalue weighted by Gasteiger charge is -2.41. The Kier molecular flexibility index (Phi) is 10.1. The molecule has 0 spiro atoms. The van der Waals surface area contributed by atoms with Crippen LogP contribution in [0.5, 0.6) is 5.75 Å². The lowest BCUT2D eigenvalue weighted by molar-refractivity contribution is -0.138. The van der Waals surface area contributed by atoms with E-state index in [0.717, 1.165) is 42.5 Å². The number of likely N-dealkylation sites (N-methyl/N-ethyl adjacent to an activating group) is 1. The number of halogens is 3. The van der Waals surface area contributed by atoms with E-state index in [2.05, 4.69) is 5.32 Å². The minimum absolute atomic E-state index is 0.0178. The second-order valence-electron chi connectivity index (χ2n) is 12.4. The third-order valence-corrected chi connectivity index (χ3v) is 8.83. The Labute approximate surface area is 272 Å². The summed E-state index contributed by atoms with van der Waals surface area (Å²) in [5.74, 6) is -1.47. The van der Waals surface area contributed by atoms with Gasteiger partial charge in [-0.2, -0.15) is 13.2 Å². The predicted octanol–water partition coefficient (Wildman–Crippen LogP) is 7.32. The molecule has 3 amide bonds. The second-order valence-corrected chi connectivity index (χ2v) is 12.4. The molecule has 3 aromatic rings. The van der Waals surface area contributed by atoms with Crippen LogP contribution >= 0.6 is 0 Å². The van der Waals surface area contributed by atoms with E-state index in [1.54, 1.807) is 6.92 Å². The SMILES string of the molecule is CCN(C(=O)c1cc2c(cc1C(F)(F)F)OC(C)(C)C(=O)N2CCNC(=O)OCc1ccccc1)[C@H]1CCCC[C@@H]1c1ccccc1. The van der Waals surface area contributed by atoms with Gasteiger partial charge in [0.2, 0.25) is 0 Å². The molecule has 0 unspecified atom stereocenters. The van der Waals surface area contributed by atoms with Crippen molar-refractivity contribution in [3.05, 3.63) is 95.1 Å². The maximum absolute atomic E-state index is 14.6. The molecular weight excluding hydrogens is 611 g/mol. The Balaban J connectivity index is 1.44. The van der Waals surface area contributed by atoms with Crippen LogP contribution in [0.4, 0.5) is 23.7 Å². The zero-order valence-electron chi connectivity index (χ0n) is 26.8. The maximum Gasteiger partial charge on any atom is 0.417 e. The van der Waals surface area contributed by atoms with Crippen LogP contribution in [0.2, 0.25) is 0 Å². The standard InChI is InChI=1S/C36H40F3N3O5/c1-4-41(29-18-12-11-17-26(29)25-15-9-6-10-16-25)32(43)27-21-30-31(22-28(27)36(37,38)39)47-35(2,3)33(44)42(30)20-19-40-34(45)46-23-24-13-7-5-8-14-24/h5-10,13-16,21-22,26,29H,4,11-12,17-20,23H2,1-3H3,(H,40,45)/t26-,29+/m1/s1. The summed E-state index contributed by atoms with van der Waals surface area (Å²) < 4.78 is 54.9. The summed E-state index contributed by atoms with van der Waals surface area (Å²) in [6, 6.07) is 20.5. The van der Waals surface area contributed by atoms with E-state index >= 15 is 0 Å². The molecule has 2 aliphatic rings. The monoisotopic (exact) mass is 651 g/mol. The number of rotatable bonds is 9. The lowest BCUT2D eigenvalue weighted by Crippen LogP contribution is -2.54. The van der Waals surface area contributed by atoms with E-state index in [9.17, 15) is 27.6 Å². The number of benzene rings is 3. The van der Waals surface area contributed by atoms with Crippen molar-refractivity contribution in [2.75, 3.05) is 24.5 Å². The van der Waals surface area contributed by atoms with Gasteiger partial charge in [0.15, 0.2) is 5.60 Å². The highest BCUT2D eigenvalue weighted by atomic mass is 19.4. The molecule has 0 radical (unpaired) electrons. The van der Waals surface area contributed by atoms with Gasteiger partial charge >= 0.3 is 12.3 Å². The van der Waals surface area contributed by atoms with Gasteiger partial charge in [-0.25, -0.2) is 4.79 Å². The van der Waals surface area contributed by atoms with Crippen LogP contribution in [0, 0.1) is 0 Å². The summed E-state index contributed by atoms with van der Waals surface area (Å²) >= 11 is 0. The van der Waals surface area contributed by atoms with Gasteiger partial charge in [0, 0.05) is 31.6 Å². The van der Waals surface area contributed by atoms with E-state index in [-0.39, 0.29) is 49.6 Å². The fourth-order valence-electron chi connectivity index (χ4n) is 6.55. The Morgan fingerprint density at radius 3 is 2.34 bits per heavy atom. The number of hydrogen-bond acceptors (Lipinski definition) is 5. The number of anilines is 1. The molecule has 1 N–H and O–H groups in total. The lowest BCUT2D eigenvalue weighted by atomic mass is 9.79. The minimum atomic E-state index is -4.87. The van der Waals surface area contributed by atoms with E-state index in [4.69, 9.17) is 9.47 Å². The molecule has 1 heterocycles. The Bertz CT molecular complexity index is 1580. The van der Waals surface area contributed by atoms with Crippen molar-refractivity contribution < 1.29 is 37.0 Å². The molecule has 1 aliphatic carbocycles. The fourth-order valence-corrected chi connectivity index (χ4v) is 6.55. The van der Waals surface area contributed by atoms with Gasteiger partial charge in [-0.1, -0.05) is 73.5 Å². The normalized spacial score (nSPS) is 18.9. The first-order valence-electron chi connectivity index (χ1n) is 16.0. The van der Waals surface area contributed by atoms with Crippen molar-refractivity contribution in [1.29, 1.82) is 0 Å². The van der Waals surface area contributed by atoms with E-state index in [1.807, 2.05) is 60.7 Å². The number of ether oxygens (including phenoxy) is 2. The van der Waals surface area contributed by atoms with Crippen LogP contribution < -0.4 is 15.0 Å².